The fraction of sp³-hybridized carbons (Fsp3) is 0.625. The number of aromatic nitrogens is 3. The summed E-state index contributed by atoms with van der Waals surface area (Å²) in [4.78, 5) is 5.26. The van der Waals surface area contributed by atoms with Gasteiger partial charge in [-0.3, -0.25) is 0 Å². The largest absolute Gasteiger partial charge is 0.393 e. The van der Waals surface area contributed by atoms with Crippen LogP contribution in [0.15, 0.2) is 17.8 Å². The number of rotatable bonds is 1. The van der Waals surface area contributed by atoms with Gasteiger partial charge in [0.25, 0.3) is 0 Å². The average Bonchev–Trinajstić information content (AvgIpc) is 2.62. The van der Waals surface area contributed by atoms with Crippen LogP contribution < -0.4 is 0 Å². The molecule has 1 fully saturated rings. The molecule has 0 bridgehead atoms. The molecule has 1 aliphatic rings. The maximum absolute atomic E-state index is 9.26. The molecule has 0 spiro atoms. The molecule has 0 atom stereocenters. The van der Waals surface area contributed by atoms with Crippen LogP contribution in [0.5, 0.6) is 0 Å². The average molecular weight is 180 g/mol. The van der Waals surface area contributed by atoms with E-state index in [4.69, 9.17) is 0 Å². The molecular formula is C8H12N4O. The molecule has 5 heteroatoms. The highest BCUT2D eigenvalue weighted by Crippen LogP contribution is 2.15. The van der Waals surface area contributed by atoms with E-state index in [0.29, 0.717) is 0 Å². The Kier molecular flexibility index (Phi) is 2.35. The van der Waals surface area contributed by atoms with Crippen molar-refractivity contribution in [2.75, 3.05) is 0 Å². The molecule has 0 saturated heterocycles. The molecule has 1 aromatic heterocycles. The lowest BCUT2D eigenvalue weighted by Crippen LogP contribution is -2.18. The molecule has 70 valence electrons. The second kappa shape index (κ2) is 3.66. The van der Waals surface area contributed by atoms with Crippen LogP contribution in [0.25, 0.3) is 0 Å². The summed E-state index contributed by atoms with van der Waals surface area (Å²) < 4.78 is 0. The lowest BCUT2D eigenvalue weighted by Gasteiger charge is -2.17. The van der Waals surface area contributed by atoms with Gasteiger partial charge in [-0.05, 0) is 25.7 Å². The van der Waals surface area contributed by atoms with E-state index in [1.165, 1.54) is 11.1 Å². The minimum atomic E-state index is -0.144. The summed E-state index contributed by atoms with van der Waals surface area (Å²) in [6.07, 6.45) is 6.23. The lowest BCUT2D eigenvalue weighted by atomic mass is 9.96. The van der Waals surface area contributed by atoms with Crippen molar-refractivity contribution in [3.8, 4) is 0 Å². The van der Waals surface area contributed by atoms with Crippen LogP contribution in [0, 0.1) is 0 Å². The highest BCUT2D eigenvalue weighted by atomic mass is 16.3. The van der Waals surface area contributed by atoms with Gasteiger partial charge in [-0.25, -0.2) is 4.98 Å². The van der Waals surface area contributed by atoms with Crippen LogP contribution >= 0.6 is 0 Å². The Balaban J connectivity index is 2.02. The SMILES string of the molecule is OC1CCC(=Nn2cncn2)CC1. The van der Waals surface area contributed by atoms with E-state index >= 15 is 0 Å². The Labute approximate surface area is 76.1 Å². The third-order valence-electron chi connectivity index (χ3n) is 2.18. The minimum Gasteiger partial charge on any atom is -0.393 e. The van der Waals surface area contributed by atoms with Crippen molar-refractivity contribution in [3.63, 3.8) is 0 Å². The summed E-state index contributed by atoms with van der Waals surface area (Å²) in [7, 11) is 0. The van der Waals surface area contributed by atoms with Crippen molar-refractivity contribution in [2.45, 2.75) is 31.8 Å². The summed E-state index contributed by atoms with van der Waals surface area (Å²) in [6.45, 7) is 0. The van der Waals surface area contributed by atoms with Gasteiger partial charge in [-0.1, -0.05) is 0 Å². The van der Waals surface area contributed by atoms with Crippen LogP contribution in [0.1, 0.15) is 25.7 Å². The monoisotopic (exact) mass is 180 g/mol. The lowest BCUT2D eigenvalue weighted by molar-refractivity contribution is 0.152. The third-order valence-corrected chi connectivity index (χ3v) is 2.18. The van der Waals surface area contributed by atoms with Crippen molar-refractivity contribution < 1.29 is 5.11 Å². The first-order valence-corrected chi connectivity index (χ1v) is 4.44. The molecule has 0 amide bonds. The van der Waals surface area contributed by atoms with E-state index in [9.17, 15) is 5.11 Å². The van der Waals surface area contributed by atoms with Gasteiger partial charge < -0.3 is 5.11 Å². The van der Waals surface area contributed by atoms with E-state index in [1.54, 1.807) is 6.33 Å². The van der Waals surface area contributed by atoms with Crippen LogP contribution in [0.2, 0.25) is 0 Å². The molecule has 1 aromatic rings. The Bertz CT molecular complexity index is 283. The third kappa shape index (κ3) is 2.12. The van der Waals surface area contributed by atoms with E-state index in [2.05, 4.69) is 15.2 Å². The quantitative estimate of drug-likeness (QED) is 0.681. The molecule has 0 aromatic carbocycles. The molecule has 1 saturated carbocycles. The molecule has 2 rings (SSSR count). The Hall–Kier alpha value is -1.23. The standard InChI is InChI=1S/C8H12N4O/c13-8-3-1-7(2-4-8)11-12-6-9-5-10-12/h5-6,8,13H,1-4H2. The zero-order chi connectivity index (χ0) is 9.10. The maximum Gasteiger partial charge on any atom is 0.139 e. The molecule has 5 nitrogen and oxygen atoms in total. The van der Waals surface area contributed by atoms with Crippen LogP contribution in [-0.4, -0.2) is 31.8 Å². The highest BCUT2D eigenvalue weighted by molar-refractivity contribution is 5.85. The molecule has 0 unspecified atom stereocenters. The summed E-state index contributed by atoms with van der Waals surface area (Å²) in [5, 5.41) is 17.4. The van der Waals surface area contributed by atoms with E-state index in [0.717, 1.165) is 31.4 Å². The molecule has 1 heterocycles. The van der Waals surface area contributed by atoms with Gasteiger partial charge in [-0.2, -0.15) is 5.10 Å². The van der Waals surface area contributed by atoms with Crippen molar-refractivity contribution in [3.05, 3.63) is 12.7 Å². The summed E-state index contributed by atoms with van der Waals surface area (Å²) in [6, 6.07) is 0. The van der Waals surface area contributed by atoms with Gasteiger partial charge >= 0.3 is 0 Å². The van der Waals surface area contributed by atoms with E-state index < -0.39 is 0 Å². The first kappa shape index (κ1) is 8.37. The number of hydrogen-bond donors (Lipinski definition) is 1. The second-order valence-corrected chi connectivity index (χ2v) is 3.21. The molecular weight excluding hydrogens is 168 g/mol. The van der Waals surface area contributed by atoms with Crippen molar-refractivity contribution in [1.29, 1.82) is 0 Å². The Morgan fingerprint density at radius 3 is 2.85 bits per heavy atom. The number of hydrogen-bond acceptors (Lipinski definition) is 4. The van der Waals surface area contributed by atoms with Crippen molar-refractivity contribution in [2.24, 2.45) is 5.10 Å². The predicted molar refractivity (Wildman–Crippen MR) is 47.3 cm³/mol. The van der Waals surface area contributed by atoms with Crippen molar-refractivity contribution >= 4 is 5.71 Å². The van der Waals surface area contributed by atoms with Gasteiger partial charge in [0.05, 0.1) is 6.10 Å². The van der Waals surface area contributed by atoms with Gasteiger partial charge in [0.15, 0.2) is 0 Å². The smallest absolute Gasteiger partial charge is 0.139 e. The molecule has 0 radical (unpaired) electrons. The zero-order valence-corrected chi connectivity index (χ0v) is 7.30. The van der Waals surface area contributed by atoms with Crippen LogP contribution in [0.3, 0.4) is 0 Å². The van der Waals surface area contributed by atoms with Crippen molar-refractivity contribution in [1.82, 2.24) is 14.9 Å². The summed E-state index contributed by atoms with van der Waals surface area (Å²) in [5.41, 5.74) is 1.09. The predicted octanol–water partition coefficient (Wildman–Crippen LogP) is 0.417. The Morgan fingerprint density at radius 1 is 1.46 bits per heavy atom. The minimum absolute atomic E-state index is 0.144. The van der Waals surface area contributed by atoms with Gasteiger partial charge in [0, 0.05) is 5.71 Å². The number of aliphatic hydroxyl groups is 1. The molecule has 1 N–H and O–H groups in total. The number of nitrogens with zero attached hydrogens (tertiary/aromatic N) is 4. The summed E-state index contributed by atoms with van der Waals surface area (Å²) in [5.74, 6) is 0. The molecule has 0 aliphatic heterocycles. The molecule has 1 aliphatic carbocycles. The second-order valence-electron chi connectivity index (χ2n) is 3.21. The topological polar surface area (TPSA) is 63.3 Å². The molecule has 13 heavy (non-hydrogen) atoms. The van der Waals surface area contributed by atoms with Crippen LogP contribution in [0.4, 0.5) is 0 Å². The first-order chi connectivity index (χ1) is 6.34. The van der Waals surface area contributed by atoms with Gasteiger partial charge in [-0.15, -0.1) is 9.89 Å². The zero-order valence-electron chi connectivity index (χ0n) is 7.30. The first-order valence-electron chi connectivity index (χ1n) is 4.44. The maximum atomic E-state index is 9.26. The van der Waals surface area contributed by atoms with E-state index in [1.807, 2.05) is 0 Å². The normalized spacial score (nSPS) is 23.2. The fourth-order valence-electron chi connectivity index (χ4n) is 1.43. The van der Waals surface area contributed by atoms with Gasteiger partial charge in [0.2, 0.25) is 0 Å². The number of aliphatic hydroxyl groups excluding tert-OH is 1. The Morgan fingerprint density at radius 2 is 2.23 bits per heavy atom. The van der Waals surface area contributed by atoms with E-state index in [-0.39, 0.29) is 6.10 Å². The fourth-order valence-corrected chi connectivity index (χ4v) is 1.43. The highest BCUT2D eigenvalue weighted by Gasteiger charge is 2.14. The summed E-state index contributed by atoms with van der Waals surface area (Å²) >= 11 is 0. The van der Waals surface area contributed by atoms with Crippen LogP contribution in [-0.2, 0) is 0 Å². The van der Waals surface area contributed by atoms with Gasteiger partial charge in [0.1, 0.15) is 12.7 Å².